The molecule has 172 valence electrons. The number of hydrogen-bond acceptors (Lipinski definition) is 8. The van der Waals surface area contributed by atoms with Gasteiger partial charge < -0.3 is 10.6 Å². The van der Waals surface area contributed by atoms with Gasteiger partial charge in [-0.15, -0.1) is 0 Å². The SMILES string of the molecule is CC(F)(F)c1cc(NC2=NC(N)(C(C)(C)C)N=C(c3nccc(C(F)(F)F)n3)N2)ccn1. The average molecular weight is 456 g/mol. The first-order chi connectivity index (χ1) is 14.6. The molecule has 1 aliphatic heterocycles. The molecule has 3 rings (SSSR count). The summed E-state index contributed by atoms with van der Waals surface area (Å²) in [5.41, 5.74) is 4.14. The first-order valence-electron chi connectivity index (χ1n) is 9.36. The average Bonchev–Trinajstić information content (AvgIpc) is 2.66. The van der Waals surface area contributed by atoms with Crippen molar-refractivity contribution in [2.45, 2.75) is 45.6 Å². The van der Waals surface area contributed by atoms with Crippen LogP contribution in [0.1, 0.15) is 44.9 Å². The summed E-state index contributed by atoms with van der Waals surface area (Å²) >= 11 is 0. The molecule has 1 atom stereocenters. The Balaban J connectivity index is 2.01. The van der Waals surface area contributed by atoms with Gasteiger partial charge in [0.15, 0.2) is 11.7 Å². The third-order valence-corrected chi connectivity index (χ3v) is 4.54. The van der Waals surface area contributed by atoms with Crippen molar-refractivity contribution in [3.8, 4) is 0 Å². The Hall–Kier alpha value is -3.22. The minimum Gasteiger partial charge on any atom is -0.326 e. The molecule has 4 N–H and O–H groups in total. The van der Waals surface area contributed by atoms with E-state index in [1.54, 1.807) is 20.8 Å². The van der Waals surface area contributed by atoms with Crippen molar-refractivity contribution in [1.82, 2.24) is 20.3 Å². The van der Waals surface area contributed by atoms with Gasteiger partial charge in [0.25, 0.3) is 5.92 Å². The topological polar surface area (TPSA) is 113 Å². The quantitative estimate of drug-likeness (QED) is 0.610. The Morgan fingerprint density at radius 3 is 2.19 bits per heavy atom. The van der Waals surface area contributed by atoms with Crippen LogP contribution < -0.4 is 16.4 Å². The van der Waals surface area contributed by atoms with E-state index in [0.29, 0.717) is 6.92 Å². The summed E-state index contributed by atoms with van der Waals surface area (Å²) in [5, 5.41) is 5.48. The Labute approximate surface area is 180 Å². The molecule has 0 saturated heterocycles. The van der Waals surface area contributed by atoms with E-state index in [0.717, 1.165) is 18.3 Å². The highest BCUT2D eigenvalue weighted by Crippen LogP contribution is 2.33. The first kappa shape index (κ1) is 23.4. The summed E-state index contributed by atoms with van der Waals surface area (Å²) in [4.78, 5) is 19.6. The van der Waals surface area contributed by atoms with E-state index in [1.807, 2.05) is 0 Å². The Bertz CT molecular complexity index is 1070. The van der Waals surface area contributed by atoms with Crippen LogP contribution in [0, 0.1) is 5.41 Å². The molecule has 0 aliphatic carbocycles. The van der Waals surface area contributed by atoms with Gasteiger partial charge in [0.05, 0.1) is 0 Å². The number of nitrogens with one attached hydrogen (secondary N) is 2. The van der Waals surface area contributed by atoms with Crippen LogP contribution in [0.15, 0.2) is 40.6 Å². The number of anilines is 1. The molecule has 1 unspecified atom stereocenters. The third-order valence-electron chi connectivity index (χ3n) is 4.54. The minimum absolute atomic E-state index is 0.0370. The van der Waals surface area contributed by atoms with Gasteiger partial charge in [-0.3, -0.25) is 10.7 Å². The van der Waals surface area contributed by atoms with Crippen LogP contribution in [-0.4, -0.2) is 32.5 Å². The van der Waals surface area contributed by atoms with E-state index >= 15 is 0 Å². The van der Waals surface area contributed by atoms with Crippen LogP contribution in [-0.2, 0) is 12.1 Å². The number of amidine groups is 1. The number of rotatable bonds is 3. The summed E-state index contributed by atoms with van der Waals surface area (Å²) in [6, 6.07) is 3.26. The second kappa shape index (κ2) is 7.73. The predicted molar refractivity (Wildman–Crippen MR) is 108 cm³/mol. The fourth-order valence-corrected chi connectivity index (χ4v) is 2.55. The largest absolute Gasteiger partial charge is 0.433 e. The molecule has 0 saturated carbocycles. The van der Waals surface area contributed by atoms with E-state index in [1.165, 1.54) is 12.3 Å². The second-order valence-corrected chi connectivity index (χ2v) is 8.23. The Morgan fingerprint density at radius 1 is 0.938 bits per heavy atom. The monoisotopic (exact) mass is 456 g/mol. The molecule has 0 radical (unpaired) electrons. The molecule has 0 fully saturated rings. The molecular weight excluding hydrogens is 435 g/mol. The standard InChI is InChI=1S/C19H21F5N8/c1-16(2,3)19(25)31-14(13-27-8-6-11(29-13)18(22,23)24)30-15(32-19)28-10-5-7-26-12(9-10)17(4,20)21/h5-9H,25H2,1-4H3,(H2,26,28,30,31,32). The van der Waals surface area contributed by atoms with Gasteiger partial charge >= 0.3 is 6.18 Å². The molecule has 0 aromatic carbocycles. The number of hydrogen-bond donors (Lipinski definition) is 3. The Morgan fingerprint density at radius 2 is 1.59 bits per heavy atom. The number of pyridine rings is 1. The highest BCUT2D eigenvalue weighted by atomic mass is 19.4. The lowest BCUT2D eigenvalue weighted by Gasteiger charge is -2.38. The van der Waals surface area contributed by atoms with Gasteiger partial charge in [-0.05, 0) is 18.2 Å². The van der Waals surface area contributed by atoms with E-state index in [4.69, 9.17) is 5.73 Å². The number of alkyl halides is 5. The zero-order valence-corrected chi connectivity index (χ0v) is 17.6. The van der Waals surface area contributed by atoms with Gasteiger partial charge in [0, 0.05) is 30.4 Å². The van der Waals surface area contributed by atoms with Gasteiger partial charge in [-0.1, -0.05) is 20.8 Å². The number of aliphatic imine (C=N–C) groups is 2. The van der Waals surface area contributed by atoms with Crippen molar-refractivity contribution in [2.24, 2.45) is 21.1 Å². The summed E-state index contributed by atoms with van der Waals surface area (Å²) < 4.78 is 66.5. The van der Waals surface area contributed by atoms with E-state index in [2.05, 4.69) is 35.6 Å². The minimum atomic E-state index is -4.69. The fourth-order valence-electron chi connectivity index (χ4n) is 2.55. The second-order valence-electron chi connectivity index (χ2n) is 8.23. The van der Waals surface area contributed by atoms with Crippen LogP contribution >= 0.6 is 0 Å². The van der Waals surface area contributed by atoms with Crippen molar-refractivity contribution < 1.29 is 22.0 Å². The summed E-state index contributed by atoms with van der Waals surface area (Å²) in [6.07, 6.45) is -2.56. The maximum Gasteiger partial charge on any atom is 0.433 e. The summed E-state index contributed by atoms with van der Waals surface area (Å²) in [5.74, 6) is -5.37. The first-order valence-corrected chi connectivity index (χ1v) is 9.36. The van der Waals surface area contributed by atoms with Gasteiger partial charge in [0.2, 0.25) is 11.7 Å². The smallest absolute Gasteiger partial charge is 0.326 e. The summed E-state index contributed by atoms with van der Waals surface area (Å²) in [7, 11) is 0. The van der Waals surface area contributed by atoms with Crippen molar-refractivity contribution >= 4 is 17.5 Å². The molecule has 8 nitrogen and oxygen atoms in total. The van der Waals surface area contributed by atoms with E-state index < -0.39 is 34.7 Å². The van der Waals surface area contributed by atoms with Crippen LogP contribution in [0.3, 0.4) is 0 Å². The lowest BCUT2D eigenvalue weighted by molar-refractivity contribution is -0.141. The predicted octanol–water partition coefficient (Wildman–Crippen LogP) is 3.48. The maximum atomic E-state index is 13.6. The zero-order valence-electron chi connectivity index (χ0n) is 17.6. The molecule has 0 spiro atoms. The number of halogens is 5. The lowest BCUT2D eigenvalue weighted by atomic mass is 9.87. The molecule has 0 bridgehead atoms. The van der Waals surface area contributed by atoms with Gasteiger partial charge in [-0.2, -0.15) is 22.0 Å². The molecule has 2 aromatic heterocycles. The van der Waals surface area contributed by atoms with E-state index in [-0.39, 0.29) is 23.3 Å². The van der Waals surface area contributed by atoms with Crippen LogP contribution in [0.5, 0.6) is 0 Å². The van der Waals surface area contributed by atoms with Gasteiger partial charge in [0.1, 0.15) is 11.4 Å². The fraction of sp³-hybridized carbons (Fsp3) is 0.421. The molecule has 13 heteroatoms. The zero-order chi connectivity index (χ0) is 23.9. The van der Waals surface area contributed by atoms with Crippen LogP contribution in [0.25, 0.3) is 0 Å². The number of guanidine groups is 1. The molecular formula is C19H21F5N8. The van der Waals surface area contributed by atoms with Crippen molar-refractivity contribution in [1.29, 1.82) is 0 Å². The van der Waals surface area contributed by atoms with Crippen molar-refractivity contribution in [2.75, 3.05) is 5.32 Å². The normalized spacial score (nSPS) is 19.7. The molecule has 3 heterocycles. The van der Waals surface area contributed by atoms with Crippen LogP contribution in [0.4, 0.5) is 27.6 Å². The molecule has 2 aromatic rings. The van der Waals surface area contributed by atoms with Crippen molar-refractivity contribution in [3.63, 3.8) is 0 Å². The Kier molecular flexibility index (Phi) is 5.66. The lowest BCUT2D eigenvalue weighted by Crippen LogP contribution is -2.56. The molecule has 1 aliphatic rings. The van der Waals surface area contributed by atoms with E-state index in [9.17, 15) is 22.0 Å². The summed E-state index contributed by atoms with van der Waals surface area (Å²) in [6.45, 7) is 5.90. The molecule has 32 heavy (non-hydrogen) atoms. The third kappa shape index (κ3) is 4.98. The van der Waals surface area contributed by atoms with Crippen molar-refractivity contribution in [3.05, 3.63) is 47.8 Å². The van der Waals surface area contributed by atoms with Gasteiger partial charge in [-0.25, -0.2) is 20.0 Å². The maximum absolute atomic E-state index is 13.6. The number of nitrogens with two attached hydrogens (primary N) is 1. The highest BCUT2D eigenvalue weighted by Gasteiger charge is 2.42. The number of aromatic nitrogens is 3. The molecule has 0 amide bonds. The highest BCUT2D eigenvalue weighted by molar-refractivity contribution is 6.12. The number of nitrogens with zero attached hydrogens (tertiary/aromatic N) is 5. The van der Waals surface area contributed by atoms with Crippen LogP contribution in [0.2, 0.25) is 0 Å².